The zero-order chi connectivity index (χ0) is 13.9. The third-order valence-corrected chi connectivity index (χ3v) is 3.50. The van der Waals surface area contributed by atoms with Crippen molar-refractivity contribution in [2.24, 2.45) is 5.92 Å². The topological polar surface area (TPSA) is 49.4 Å². The first-order valence-corrected chi connectivity index (χ1v) is 6.80. The van der Waals surface area contributed by atoms with Crippen molar-refractivity contribution in [1.82, 2.24) is 10.2 Å². The summed E-state index contributed by atoms with van der Waals surface area (Å²) in [6.45, 7) is 11.2. The third-order valence-electron chi connectivity index (χ3n) is 3.50. The van der Waals surface area contributed by atoms with Crippen LogP contribution in [-0.2, 0) is 9.59 Å². The lowest BCUT2D eigenvalue weighted by molar-refractivity contribution is -0.130. The molecule has 4 heteroatoms. The molecular formula is C14H26N2O2. The van der Waals surface area contributed by atoms with E-state index in [1.165, 1.54) is 0 Å². The first-order chi connectivity index (χ1) is 8.23. The second-order valence-corrected chi connectivity index (χ2v) is 6.36. The van der Waals surface area contributed by atoms with Crippen molar-refractivity contribution in [2.75, 3.05) is 13.1 Å². The fourth-order valence-corrected chi connectivity index (χ4v) is 2.34. The van der Waals surface area contributed by atoms with Gasteiger partial charge in [0.1, 0.15) is 0 Å². The Kier molecular flexibility index (Phi) is 4.91. The van der Waals surface area contributed by atoms with Crippen LogP contribution in [-0.4, -0.2) is 41.3 Å². The summed E-state index contributed by atoms with van der Waals surface area (Å²) < 4.78 is 0. The number of carbonyl (C=O) groups is 2. The summed E-state index contributed by atoms with van der Waals surface area (Å²) in [6, 6.07) is -0.0787. The van der Waals surface area contributed by atoms with E-state index in [2.05, 4.69) is 31.0 Å². The van der Waals surface area contributed by atoms with Crippen molar-refractivity contribution in [1.29, 1.82) is 0 Å². The highest BCUT2D eigenvalue weighted by atomic mass is 16.2. The standard InChI is InChI=1S/C14H26N2O2/c1-10(2)12(17)9-15-13(18)11-7-6-8-16(11)14(3,4)5/h10-11H,6-9H2,1-5H3,(H,15,18)/t11-/m0/s1. The first kappa shape index (κ1) is 15.2. The Balaban J connectivity index is 2.54. The molecule has 0 aromatic heterocycles. The van der Waals surface area contributed by atoms with Gasteiger partial charge in [-0.3, -0.25) is 14.5 Å². The van der Waals surface area contributed by atoms with Gasteiger partial charge in [-0.25, -0.2) is 0 Å². The van der Waals surface area contributed by atoms with E-state index in [9.17, 15) is 9.59 Å². The molecule has 0 aliphatic carbocycles. The van der Waals surface area contributed by atoms with Gasteiger partial charge in [-0.2, -0.15) is 0 Å². The molecule has 18 heavy (non-hydrogen) atoms. The molecule has 0 spiro atoms. The molecule has 1 aliphatic heterocycles. The predicted octanol–water partition coefficient (Wildman–Crippen LogP) is 1.59. The average Bonchev–Trinajstić information content (AvgIpc) is 2.73. The Morgan fingerprint density at radius 3 is 2.44 bits per heavy atom. The van der Waals surface area contributed by atoms with Gasteiger partial charge >= 0.3 is 0 Å². The number of hydrogen-bond acceptors (Lipinski definition) is 3. The van der Waals surface area contributed by atoms with E-state index < -0.39 is 0 Å². The number of rotatable bonds is 4. The molecule has 0 aromatic rings. The highest BCUT2D eigenvalue weighted by Crippen LogP contribution is 2.26. The summed E-state index contributed by atoms with van der Waals surface area (Å²) in [4.78, 5) is 25.9. The van der Waals surface area contributed by atoms with Gasteiger partial charge < -0.3 is 5.32 Å². The van der Waals surface area contributed by atoms with Crippen LogP contribution in [0.2, 0.25) is 0 Å². The Hall–Kier alpha value is -0.900. The number of nitrogens with one attached hydrogen (secondary N) is 1. The summed E-state index contributed by atoms with van der Waals surface area (Å²) in [6.07, 6.45) is 1.94. The number of Topliss-reactive ketones (excluding diaryl/α,β-unsaturated/α-hetero) is 1. The van der Waals surface area contributed by atoms with Crippen LogP contribution < -0.4 is 5.32 Å². The molecule has 104 valence electrons. The molecular weight excluding hydrogens is 228 g/mol. The van der Waals surface area contributed by atoms with Crippen LogP contribution in [0.25, 0.3) is 0 Å². The number of amides is 1. The summed E-state index contributed by atoms with van der Waals surface area (Å²) in [7, 11) is 0. The minimum absolute atomic E-state index is 0.000559. The summed E-state index contributed by atoms with van der Waals surface area (Å²) in [5.41, 5.74) is 0.000559. The summed E-state index contributed by atoms with van der Waals surface area (Å²) in [5, 5.41) is 2.78. The van der Waals surface area contributed by atoms with Gasteiger partial charge in [-0.15, -0.1) is 0 Å². The maximum absolute atomic E-state index is 12.1. The predicted molar refractivity (Wildman–Crippen MR) is 72.3 cm³/mol. The monoisotopic (exact) mass is 254 g/mol. The lowest BCUT2D eigenvalue weighted by atomic mass is 10.0. The summed E-state index contributed by atoms with van der Waals surface area (Å²) >= 11 is 0. The SMILES string of the molecule is CC(C)C(=O)CNC(=O)[C@@H]1CCCN1C(C)(C)C. The van der Waals surface area contributed by atoms with Gasteiger partial charge in [0.05, 0.1) is 12.6 Å². The van der Waals surface area contributed by atoms with Gasteiger partial charge in [0, 0.05) is 11.5 Å². The second-order valence-electron chi connectivity index (χ2n) is 6.36. The van der Waals surface area contributed by atoms with Crippen LogP contribution in [0.5, 0.6) is 0 Å². The lowest BCUT2D eigenvalue weighted by Crippen LogP contribution is -2.51. The number of likely N-dealkylation sites (tertiary alicyclic amines) is 1. The molecule has 1 saturated heterocycles. The molecule has 0 radical (unpaired) electrons. The zero-order valence-corrected chi connectivity index (χ0v) is 12.2. The molecule has 0 bridgehead atoms. The summed E-state index contributed by atoms with van der Waals surface area (Å²) in [5.74, 6) is 0.0627. The Labute approximate surface area is 110 Å². The highest BCUT2D eigenvalue weighted by Gasteiger charge is 2.37. The van der Waals surface area contributed by atoms with Crippen LogP contribution in [0.3, 0.4) is 0 Å². The Bertz CT molecular complexity index is 318. The van der Waals surface area contributed by atoms with Gasteiger partial charge in [-0.1, -0.05) is 13.8 Å². The fourth-order valence-electron chi connectivity index (χ4n) is 2.34. The van der Waals surface area contributed by atoms with Crippen LogP contribution in [0.1, 0.15) is 47.5 Å². The maximum Gasteiger partial charge on any atom is 0.237 e. The minimum Gasteiger partial charge on any atom is -0.348 e. The largest absolute Gasteiger partial charge is 0.348 e. The van der Waals surface area contributed by atoms with Crippen LogP contribution in [0, 0.1) is 5.92 Å². The maximum atomic E-state index is 12.1. The lowest BCUT2D eigenvalue weighted by Gasteiger charge is -2.36. The van der Waals surface area contributed by atoms with Crippen molar-refractivity contribution < 1.29 is 9.59 Å². The molecule has 1 heterocycles. The fraction of sp³-hybridized carbons (Fsp3) is 0.857. The Morgan fingerprint density at radius 2 is 1.94 bits per heavy atom. The molecule has 4 nitrogen and oxygen atoms in total. The number of hydrogen-bond donors (Lipinski definition) is 1. The molecule has 0 unspecified atom stereocenters. The normalized spacial score (nSPS) is 21.3. The minimum atomic E-state index is -0.0787. The molecule has 1 fully saturated rings. The zero-order valence-electron chi connectivity index (χ0n) is 12.2. The number of carbonyl (C=O) groups excluding carboxylic acids is 2. The molecule has 0 saturated carbocycles. The molecule has 1 aliphatic rings. The number of ketones is 1. The van der Waals surface area contributed by atoms with Crippen molar-refractivity contribution in [2.45, 2.75) is 59.0 Å². The second kappa shape index (κ2) is 5.83. The quantitative estimate of drug-likeness (QED) is 0.829. The molecule has 1 amide bonds. The smallest absolute Gasteiger partial charge is 0.237 e. The van der Waals surface area contributed by atoms with Crippen LogP contribution in [0.4, 0.5) is 0 Å². The first-order valence-electron chi connectivity index (χ1n) is 6.80. The van der Waals surface area contributed by atoms with Gasteiger partial charge in [-0.05, 0) is 40.2 Å². The van der Waals surface area contributed by atoms with E-state index in [0.717, 1.165) is 19.4 Å². The van der Waals surface area contributed by atoms with Gasteiger partial charge in [0.15, 0.2) is 5.78 Å². The van der Waals surface area contributed by atoms with Crippen LogP contribution in [0.15, 0.2) is 0 Å². The van der Waals surface area contributed by atoms with E-state index in [1.54, 1.807) is 0 Å². The van der Waals surface area contributed by atoms with Crippen molar-refractivity contribution in [3.63, 3.8) is 0 Å². The third kappa shape index (κ3) is 3.80. The van der Waals surface area contributed by atoms with Crippen molar-refractivity contribution >= 4 is 11.7 Å². The van der Waals surface area contributed by atoms with Crippen LogP contribution >= 0.6 is 0 Å². The van der Waals surface area contributed by atoms with Gasteiger partial charge in [0.25, 0.3) is 0 Å². The van der Waals surface area contributed by atoms with E-state index in [1.807, 2.05) is 13.8 Å². The molecule has 0 aromatic carbocycles. The van der Waals surface area contributed by atoms with Crippen molar-refractivity contribution in [3.8, 4) is 0 Å². The van der Waals surface area contributed by atoms with Crippen molar-refractivity contribution in [3.05, 3.63) is 0 Å². The highest BCUT2D eigenvalue weighted by molar-refractivity contribution is 5.89. The molecule has 1 N–H and O–H groups in total. The molecule has 1 rings (SSSR count). The van der Waals surface area contributed by atoms with E-state index in [0.29, 0.717) is 0 Å². The Morgan fingerprint density at radius 1 is 1.33 bits per heavy atom. The van der Waals surface area contributed by atoms with E-state index >= 15 is 0 Å². The van der Waals surface area contributed by atoms with Gasteiger partial charge in [0.2, 0.25) is 5.91 Å². The number of nitrogens with zero attached hydrogens (tertiary/aromatic N) is 1. The average molecular weight is 254 g/mol. The van der Waals surface area contributed by atoms with E-state index in [4.69, 9.17) is 0 Å². The van der Waals surface area contributed by atoms with E-state index in [-0.39, 0.29) is 35.7 Å². The molecule has 1 atom stereocenters.